The van der Waals surface area contributed by atoms with E-state index in [4.69, 9.17) is 9.84 Å². The molecule has 19 heavy (non-hydrogen) atoms. The highest BCUT2D eigenvalue weighted by Gasteiger charge is 2.12. The smallest absolute Gasteiger partial charge is 0.132 e. The molecule has 2 aromatic carbocycles. The molecule has 0 aromatic heterocycles. The van der Waals surface area contributed by atoms with E-state index in [1.165, 1.54) is 6.07 Å². The maximum Gasteiger partial charge on any atom is 0.132 e. The first-order valence-electron chi connectivity index (χ1n) is 6.35. The highest BCUT2D eigenvalue weighted by molar-refractivity contribution is 5.29. The second-order valence-electron chi connectivity index (χ2n) is 4.34. The number of ether oxygens (including phenoxy) is 1. The molecule has 2 nitrogen and oxygen atoms in total. The van der Waals surface area contributed by atoms with Crippen LogP contribution in [-0.2, 0) is 6.61 Å². The third kappa shape index (κ3) is 3.32. The van der Waals surface area contributed by atoms with Gasteiger partial charge in [-0.15, -0.1) is 0 Å². The van der Waals surface area contributed by atoms with Crippen molar-refractivity contribution in [1.82, 2.24) is 0 Å². The number of halogens is 1. The van der Waals surface area contributed by atoms with Crippen LogP contribution in [0.25, 0.3) is 0 Å². The first kappa shape index (κ1) is 13.6. The van der Waals surface area contributed by atoms with Gasteiger partial charge in [-0.2, -0.15) is 0 Å². The fraction of sp³-hybridized carbons (Fsp3) is 0.250. The van der Waals surface area contributed by atoms with Crippen LogP contribution in [0, 0.1) is 5.82 Å². The molecule has 0 aliphatic rings. The molecule has 0 fully saturated rings. The third-order valence-electron chi connectivity index (χ3n) is 3.02. The van der Waals surface area contributed by atoms with E-state index in [1.54, 1.807) is 12.1 Å². The standard InChI is InChI=1S/C16H17FO2/c1-2-16(12-6-4-3-5-7-12)19-14-9-8-13(11-18)15(17)10-14/h3-10,16,18H,2,11H2,1H3/t16-/m0/s1. The summed E-state index contributed by atoms with van der Waals surface area (Å²) in [4.78, 5) is 0. The Morgan fingerprint density at radius 2 is 1.89 bits per heavy atom. The zero-order chi connectivity index (χ0) is 13.7. The molecule has 0 heterocycles. The van der Waals surface area contributed by atoms with Gasteiger partial charge in [0.05, 0.1) is 6.61 Å². The van der Waals surface area contributed by atoms with Gasteiger partial charge >= 0.3 is 0 Å². The Morgan fingerprint density at radius 1 is 1.16 bits per heavy atom. The van der Waals surface area contributed by atoms with Crippen LogP contribution >= 0.6 is 0 Å². The van der Waals surface area contributed by atoms with Gasteiger partial charge in [0, 0.05) is 11.6 Å². The summed E-state index contributed by atoms with van der Waals surface area (Å²) in [5.41, 5.74) is 1.34. The van der Waals surface area contributed by atoms with Crippen molar-refractivity contribution in [2.75, 3.05) is 0 Å². The highest BCUT2D eigenvalue weighted by Crippen LogP contribution is 2.26. The predicted octanol–water partition coefficient (Wildman–Crippen LogP) is 3.85. The lowest BCUT2D eigenvalue weighted by atomic mass is 10.1. The molecule has 0 radical (unpaired) electrons. The quantitative estimate of drug-likeness (QED) is 0.884. The van der Waals surface area contributed by atoms with Crippen LogP contribution in [0.2, 0.25) is 0 Å². The van der Waals surface area contributed by atoms with Gasteiger partial charge < -0.3 is 9.84 Å². The number of aliphatic hydroxyl groups excluding tert-OH is 1. The van der Waals surface area contributed by atoms with Crippen LogP contribution in [0.15, 0.2) is 48.5 Å². The van der Waals surface area contributed by atoms with Crippen molar-refractivity contribution >= 4 is 0 Å². The van der Waals surface area contributed by atoms with Crippen LogP contribution < -0.4 is 4.74 Å². The van der Waals surface area contributed by atoms with E-state index in [1.807, 2.05) is 37.3 Å². The lowest BCUT2D eigenvalue weighted by molar-refractivity contribution is 0.200. The van der Waals surface area contributed by atoms with Gasteiger partial charge in [-0.3, -0.25) is 0 Å². The van der Waals surface area contributed by atoms with E-state index in [2.05, 4.69) is 0 Å². The van der Waals surface area contributed by atoms with Gasteiger partial charge in [0.25, 0.3) is 0 Å². The lowest BCUT2D eigenvalue weighted by Gasteiger charge is -2.18. The number of hydrogen-bond donors (Lipinski definition) is 1. The maximum atomic E-state index is 13.6. The molecule has 0 saturated heterocycles. The molecule has 0 aliphatic heterocycles. The van der Waals surface area contributed by atoms with E-state index in [9.17, 15) is 4.39 Å². The van der Waals surface area contributed by atoms with Gasteiger partial charge in [0.1, 0.15) is 17.7 Å². The Kier molecular flexibility index (Phi) is 4.53. The molecule has 1 N–H and O–H groups in total. The minimum atomic E-state index is -0.442. The number of benzene rings is 2. The van der Waals surface area contributed by atoms with Gasteiger partial charge in [-0.05, 0) is 18.1 Å². The SMILES string of the molecule is CC[C@H](Oc1ccc(CO)c(F)c1)c1ccccc1. The average molecular weight is 260 g/mol. The molecular formula is C16H17FO2. The predicted molar refractivity (Wildman–Crippen MR) is 72.4 cm³/mol. The second kappa shape index (κ2) is 6.34. The van der Waals surface area contributed by atoms with E-state index in [0.29, 0.717) is 5.75 Å². The zero-order valence-electron chi connectivity index (χ0n) is 10.8. The van der Waals surface area contributed by atoms with Crippen molar-refractivity contribution in [2.24, 2.45) is 0 Å². The summed E-state index contributed by atoms with van der Waals surface area (Å²) in [7, 11) is 0. The summed E-state index contributed by atoms with van der Waals surface area (Å²) >= 11 is 0. The third-order valence-corrected chi connectivity index (χ3v) is 3.02. The molecule has 2 rings (SSSR count). The molecule has 0 saturated carbocycles. The minimum absolute atomic E-state index is 0.0967. The van der Waals surface area contributed by atoms with Crippen molar-refractivity contribution in [3.8, 4) is 5.75 Å². The molecule has 100 valence electrons. The molecule has 3 heteroatoms. The zero-order valence-corrected chi connectivity index (χ0v) is 10.8. The normalized spacial score (nSPS) is 12.2. The Morgan fingerprint density at radius 3 is 2.47 bits per heavy atom. The molecule has 0 bridgehead atoms. The summed E-state index contributed by atoms with van der Waals surface area (Å²) in [6.45, 7) is 1.72. The van der Waals surface area contributed by atoms with Crippen LogP contribution in [-0.4, -0.2) is 5.11 Å². The van der Waals surface area contributed by atoms with Crippen molar-refractivity contribution in [1.29, 1.82) is 0 Å². The summed E-state index contributed by atoms with van der Waals surface area (Å²) in [5.74, 6) is 0.0355. The molecule has 0 aliphatic carbocycles. The Labute approximate surface area is 112 Å². The Hall–Kier alpha value is -1.87. The molecule has 0 unspecified atom stereocenters. The summed E-state index contributed by atoms with van der Waals surface area (Å²) in [6, 6.07) is 14.4. The van der Waals surface area contributed by atoms with Crippen molar-refractivity contribution in [3.05, 3.63) is 65.5 Å². The summed E-state index contributed by atoms with van der Waals surface area (Å²) in [6.07, 6.45) is 0.702. The number of hydrogen-bond acceptors (Lipinski definition) is 2. The van der Waals surface area contributed by atoms with Gasteiger partial charge in [0.2, 0.25) is 0 Å². The Bertz CT molecular complexity index is 526. The largest absolute Gasteiger partial charge is 0.486 e. The highest BCUT2D eigenvalue weighted by atomic mass is 19.1. The Balaban J connectivity index is 2.17. The van der Waals surface area contributed by atoms with E-state index >= 15 is 0 Å². The van der Waals surface area contributed by atoms with Crippen molar-refractivity contribution < 1.29 is 14.2 Å². The fourth-order valence-electron chi connectivity index (χ4n) is 1.95. The number of aliphatic hydroxyl groups is 1. The molecular weight excluding hydrogens is 243 g/mol. The van der Waals surface area contributed by atoms with Crippen molar-refractivity contribution in [3.63, 3.8) is 0 Å². The monoisotopic (exact) mass is 260 g/mol. The van der Waals surface area contributed by atoms with E-state index in [-0.39, 0.29) is 18.3 Å². The first-order chi connectivity index (χ1) is 9.24. The van der Waals surface area contributed by atoms with Crippen molar-refractivity contribution in [2.45, 2.75) is 26.1 Å². The molecule has 0 amide bonds. The first-order valence-corrected chi connectivity index (χ1v) is 6.35. The fourth-order valence-corrected chi connectivity index (χ4v) is 1.95. The van der Waals surface area contributed by atoms with E-state index < -0.39 is 5.82 Å². The topological polar surface area (TPSA) is 29.5 Å². The molecule has 1 atom stereocenters. The lowest BCUT2D eigenvalue weighted by Crippen LogP contribution is -2.06. The summed E-state index contributed by atoms with van der Waals surface area (Å²) in [5, 5.41) is 8.93. The van der Waals surface area contributed by atoms with Gasteiger partial charge in [-0.1, -0.05) is 43.3 Å². The van der Waals surface area contributed by atoms with Crippen LogP contribution in [0.4, 0.5) is 4.39 Å². The number of rotatable bonds is 5. The van der Waals surface area contributed by atoms with Crippen LogP contribution in [0.5, 0.6) is 5.75 Å². The molecule has 2 aromatic rings. The molecule has 0 spiro atoms. The van der Waals surface area contributed by atoms with Gasteiger partial charge in [-0.25, -0.2) is 4.39 Å². The van der Waals surface area contributed by atoms with Crippen LogP contribution in [0.3, 0.4) is 0 Å². The minimum Gasteiger partial charge on any atom is -0.486 e. The maximum absolute atomic E-state index is 13.6. The average Bonchev–Trinajstić information content (AvgIpc) is 2.46. The van der Waals surface area contributed by atoms with Crippen LogP contribution in [0.1, 0.15) is 30.6 Å². The summed E-state index contributed by atoms with van der Waals surface area (Å²) < 4.78 is 19.4. The van der Waals surface area contributed by atoms with E-state index in [0.717, 1.165) is 12.0 Å². The van der Waals surface area contributed by atoms with Gasteiger partial charge in [0.15, 0.2) is 0 Å². The second-order valence-corrected chi connectivity index (χ2v) is 4.34.